The van der Waals surface area contributed by atoms with Crippen molar-refractivity contribution >= 4 is 11.8 Å². The third-order valence-electron chi connectivity index (χ3n) is 4.09. The molecule has 2 aromatic rings. The maximum absolute atomic E-state index is 11.8. The molecule has 1 heterocycles. The van der Waals surface area contributed by atoms with E-state index in [9.17, 15) is 4.79 Å². The summed E-state index contributed by atoms with van der Waals surface area (Å²) in [5, 5.41) is 2.71. The molecule has 1 fully saturated rings. The second-order valence-electron chi connectivity index (χ2n) is 6.01. The Kier molecular flexibility index (Phi) is 6.87. The van der Waals surface area contributed by atoms with Crippen LogP contribution in [0.4, 0.5) is 10.5 Å². The summed E-state index contributed by atoms with van der Waals surface area (Å²) in [6.07, 6.45) is -0.477. The number of rotatable bonds is 7. The first kappa shape index (κ1) is 18.2. The van der Waals surface area contributed by atoms with Gasteiger partial charge in [0.2, 0.25) is 0 Å². The Morgan fingerprint density at radius 2 is 1.77 bits per heavy atom. The Morgan fingerprint density at radius 3 is 2.50 bits per heavy atom. The van der Waals surface area contributed by atoms with E-state index in [1.54, 1.807) is 12.1 Å². The molecule has 0 saturated carbocycles. The highest BCUT2D eigenvalue weighted by Crippen LogP contribution is 2.16. The average Bonchev–Trinajstić information content (AvgIpc) is 2.69. The van der Waals surface area contributed by atoms with Gasteiger partial charge in [0.15, 0.2) is 0 Å². The largest absolute Gasteiger partial charge is 0.492 e. The molecule has 0 bridgehead atoms. The lowest BCUT2D eigenvalue weighted by Crippen LogP contribution is -2.38. The number of morpholine rings is 1. The smallest absolute Gasteiger partial charge is 0.411 e. The zero-order valence-electron chi connectivity index (χ0n) is 14.7. The molecular formula is C20H24N2O4. The molecule has 1 N–H and O–H groups in total. The Labute approximate surface area is 153 Å². The molecule has 26 heavy (non-hydrogen) atoms. The number of carbonyl (C=O) groups is 1. The van der Waals surface area contributed by atoms with Crippen molar-refractivity contribution in [2.75, 3.05) is 44.8 Å². The van der Waals surface area contributed by atoms with Crippen LogP contribution in [0.2, 0.25) is 0 Å². The van der Waals surface area contributed by atoms with Gasteiger partial charge in [-0.05, 0) is 29.8 Å². The molecule has 1 amide bonds. The van der Waals surface area contributed by atoms with Crippen LogP contribution in [-0.2, 0) is 16.1 Å². The van der Waals surface area contributed by atoms with Crippen molar-refractivity contribution in [2.45, 2.75) is 6.61 Å². The Bertz CT molecular complexity index is 670. The van der Waals surface area contributed by atoms with Gasteiger partial charge >= 0.3 is 6.09 Å². The van der Waals surface area contributed by atoms with Crippen molar-refractivity contribution in [3.8, 4) is 5.75 Å². The first-order valence-corrected chi connectivity index (χ1v) is 8.80. The zero-order valence-corrected chi connectivity index (χ0v) is 14.7. The van der Waals surface area contributed by atoms with Crippen molar-refractivity contribution in [3.63, 3.8) is 0 Å². The van der Waals surface area contributed by atoms with Crippen LogP contribution in [0, 0.1) is 0 Å². The molecule has 1 saturated heterocycles. The molecule has 0 spiro atoms. The molecule has 0 atom stereocenters. The van der Waals surface area contributed by atoms with Gasteiger partial charge in [0, 0.05) is 25.3 Å². The van der Waals surface area contributed by atoms with E-state index in [0.29, 0.717) is 12.3 Å². The summed E-state index contributed by atoms with van der Waals surface area (Å²) in [6, 6.07) is 16.9. The summed E-state index contributed by atoms with van der Waals surface area (Å²) in [6.45, 7) is 5.26. The Balaban J connectivity index is 1.37. The van der Waals surface area contributed by atoms with Crippen LogP contribution >= 0.6 is 0 Å². The number of anilines is 1. The fourth-order valence-electron chi connectivity index (χ4n) is 2.63. The number of hydrogen-bond donors (Lipinski definition) is 1. The van der Waals surface area contributed by atoms with Gasteiger partial charge in [-0.15, -0.1) is 0 Å². The van der Waals surface area contributed by atoms with Gasteiger partial charge in [-0.2, -0.15) is 0 Å². The highest BCUT2D eigenvalue weighted by Gasteiger charge is 2.10. The van der Waals surface area contributed by atoms with Crippen molar-refractivity contribution in [1.29, 1.82) is 0 Å². The summed E-state index contributed by atoms with van der Waals surface area (Å²) in [5.74, 6) is 0.779. The molecule has 1 aliphatic heterocycles. The van der Waals surface area contributed by atoms with Crippen molar-refractivity contribution in [2.24, 2.45) is 0 Å². The molecule has 6 heteroatoms. The van der Waals surface area contributed by atoms with Crippen LogP contribution in [0.3, 0.4) is 0 Å². The zero-order chi connectivity index (χ0) is 18.0. The molecule has 0 radical (unpaired) electrons. The van der Waals surface area contributed by atoms with Crippen LogP contribution in [-0.4, -0.2) is 50.4 Å². The van der Waals surface area contributed by atoms with Gasteiger partial charge in [-0.25, -0.2) is 4.79 Å². The first-order chi connectivity index (χ1) is 12.8. The maximum atomic E-state index is 11.8. The van der Waals surface area contributed by atoms with Crippen LogP contribution in [0.15, 0.2) is 54.6 Å². The lowest BCUT2D eigenvalue weighted by atomic mass is 10.2. The quantitative estimate of drug-likeness (QED) is 0.826. The lowest BCUT2D eigenvalue weighted by molar-refractivity contribution is 0.0322. The number of amides is 1. The summed E-state index contributed by atoms with van der Waals surface area (Å²) in [7, 11) is 0. The van der Waals surface area contributed by atoms with E-state index < -0.39 is 6.09 Å². The third-order valence-corrected chi connectivity index (χ3v) is 4.09. The molecule has 3 rings (SSSR count). The fourth-order valence-corrected chi connectivity index (χ4v) is 2.63. The van der Waals surface area contributed by atoms with E-state index in [1.165, 1.54) is 0 Å². The Hall–Kier alpha value is -2.57. The number of hydrogen-bond acceptors (Lipinski definition) is 5. The van der Waals surface area contributed by atoms with Crippen LogP contribution in [0.5, 0.6) is 5.75 Å². The molecule has 0 unspecified atom stereocenters. The third kappa shape index (κ3) is 6.06. The predicted molar refractivity (Wildman–Crippen MR) is 99.4 cm³/mol. The SMILES string of the molecule is O=C(Nc1ccc(OCCN2CCOCC2)cc1)OCc1ccccc1. The molecular weight excluding hydrogens is 332 g/mol. The average molecular weight is 356 g/mol. The maximum Gasteiger partial charge on any atom is 0.411 e. The predicted octanol–water partition coefficient (Wildman–Crippen LogP) is 3.15. The molecule has 1 aliphatic rings. The van der Waals surface area contributed by atoms with Crippen molar-refractivity contribution < 1.29 is 19.0 Å². The van der Waals surface area contributed by atoms with Gasteiger partial charge in [-0.3, -0.25) is 10.2 Å². The van der Waals surface area contributed by atoms with Gasteiger partial charge in [0.1, 0.15) is 19.0 Å². The van der Waals surface area contributed by atoms with E-state index >= 15 is 0 Å². The topological polar surface area (TPSA) is 60.0 Å². The lowest BCUT2D eigenvalue weighted by Gasteiger charge is -2.26. The van der Waals surface area contributed by atoms with E-state index in [4.69, 9.17) is 14.2 Å². The minimum atomic E-state index is -0.477. The summed E-state index contributed by atoms with van der Waals surface area (Å²) in [4.78, 5) is 14.2. The van der Waals surface area contributed by atoms with E-state index in [2.05, 4.69) is 10.2 Å². The number of benzene rings is 2. The monoisotopic (exact) mass is 356 g/mol. The van der Waals surface area contributed by atoms with Crippen molar-refractivity contribution in [1.82, 2.24) is 4.90 Å². The van der Waals surface area contributed by atoms with Crippen LogP contribution in [0.1, 0.15) is 5.56 Å². The second kappa shape index (κ2) is 9.79. The number of carbonyl (C=O) groups excluding carboxylic acids is 1. The van der Waals surface area contributed by atoms with E-state index in [1.807, 2.05) is 42.5 Å². The molecule has 6 nitrogen and oxygen atoms in total. The van der Waals surface area contributed by atoms with Gasteiger partial charge in [-0.1, -0.05) is 30.3 Å². The fraction of sp³-hybridized carbons (Fsp3) is 0.350. The number of nitrogens with one attached hydrogen (secondary N) is 1. The van der Waals surface area contributed by atoms with Gasteiger partial charge in [0.25, 0.3) is 0 Å². The van der Waals surface area contributed by atoms with Gasteiger partial charge in [0.05, 0.1) is 13.2 Å². The molecule has 0 aromatic heterocycles. The second-order valence-corrected chi connectivity index (χ2v) is 6.01. The molecule has 138 valence electrons. The van der Waals surface area contributed by atoms with E-state index in [-0.39, 0.29) is 6.61 Å². The minimum absolute atomic E-state index is 0.245. The van der Waals surface area contributed by atoms with Crippen molar-refractivity contribution in [3.05, 3.63) is 60.2 Å². The normalized spacial score (nSPS) is 14.6. The molecule has 2 aromatic carbocycles. The minimum Gasteiger partial charge on any atom is -0.492 e. The highest BCUT2D eigenvalue weighted by atomic mass is 16.5. The first-order valence-electron chi connectivity index (χ1n) is 8.80. The summed E-state index contributed by atoms with van der Waals surface area (Å²) >= 11 is 0. The van der Waals surface area contributed by atoms with Crippen LogP contribution in [0.25, 0.3) is 0 Å². The standard InChI is InChI=1S/C20H24N2O4/c23-20(26-16-17-4-2-1-3-5-17)21-18-6-8-19(9-7-18)25-15-12-22-10-13-24-14-11-22/h1-9H,10-16H2,(H,21,23). The van der Waals surface area contributed by atoms with Gasteiger partial charge < -0.3 is 14.2 Å². The number of ether oxygens (including phenoxy) is 3. The van der Waals surface area contributed by atoms with E-state index in [0.717, 1.165) is 44.2 Å². The Morgan fingerprint density at radius 1 is 1.04 bits per heavy atom. The summed E-state index contributed by atoms with van der Waals surface area (Å²) in [5.41, 5.74) is 1.62. The highest BCUT2D eigenvalue weighted by molar-refractivity contribution is 5.84. The summed E-state index contributed by atoms with van der Waals surface area (Å²) < 4.78 is 16.3. The number of nitrogens with zero attached hydrogens (tertiary/aromatic N) is 1. The molecule has 0 aliphatic carbocycles. The van der Waals surface area contributed by atoms with Crippen LogP contribution < -0.4 is 10.1 Å².